The minimum Gasteiger partial charge on any atom is -0.338 e. The van der Waals surface area contributed by atoms with Crippen LogP contribution < -0.4 is 10.6 Å². The maximum absolute atomic E-state index is 11.2. The Balaban J connectivity index is 2.17. The molecular formula is C12H17N2O. The van der Waals surface area contributed by atoms with Crippen molar-refractivity contribution < 1.29 is 4.79 Å². The van der Waals surface area contributed by atoms with Crippen molar-refractivity contribution in [3.8, 4) is 0 Å². The van der Waals surface area contributed by atoms with Crippen molar-refractivity contribution in [2.45, 2.75) is 19.4 Å². The van der Waals surface area contributed by atoms with Gasteiger partial charge in [0.1, 0.15) is 0 Å². The molecule has 3 nitrogen and oxygen atoms in total. The number of hydrogen-bond acceptors (Lipinski definition) is 1. The first-order valence-electron chi connectivity index (χ1n) is 5.18. The van der Waals surface area contributed by atoms with Crippen LogP contribution in [0.5, 0.6) is 0 Å². The highest BCUT2D eigenvalue weighted by Gasteiger charge is 1.98. The molecule has 0 spiro atoms. The highest BCUT2D eigenvalue weighted by Crippen LogP contribution is 1.96. The van der Waals surface area contributed by atoms with Crippen LogP contribution in [0, 0.1) is 6.92 Å². The van der Waals surface area contributed by atoms with E-state index in [1.165, 1.54) is 0 Å². The maximum atomic E-state index is 11.2. The van der Waals surface area contributed by atoms with E-state index in [1.54, 1.807) is 0 Å². The van der Waals surface area contributed by atoms with Gasteiger partial charge in [-0.15, -0.1) is 0 Å². The lowest BCUT2D eigenvalue weighted by Crippen LogP contribution is -2.35. The number of rotatable bonds is 5. The third-order valence-electron chi connectivity index (χ3n) is 2.01. The third-order valence-corrected chi connectivity index (χ3v) is 2.01. The topological polar surface area (TPSA) is 41.1 Å². The Morgan fingerprint density at radius 2 is 1.93 bits per heavy atom. The van der Waals surface area contributed by atoms with E-state index in [4.69, 9.17) is 0 Å². The van der Waals surface area contributed by atoms with E-state index in [2.05, 4.69) is 17.6 Å². The van der Waals surface area contributed by atoms with Crippen molar-refractivity contribution in [1.82, 2.24) is 10.6 Å². The number of unbranched alkanes of at least 4 members (excludes halogenated alkanes) is 1. The third kappa shape index (κ3) is 5.05. The SMILES string of the molecule is [CH2]CCCNC(=O)NCc1ccccc1. The Labute approximate surface area is 90.9 Å². The number of hydrogen-bond donors (Lipinski definition) is 2. The van der Waals surface area contributed by atoms with Crippen LogP contribution in [-0.4, -0.2) is 12.6 Å². The first-order valence-corrected chi connectivity index (χ1v) is 5.18. The van der Waals surface area contributed by atoms with Gasteiger partial charge >= 0.3 is 6.03 Å². The highest BCUT2D eigenvalue weighted by atomic mass is 16.2. The van der Waals surface area contributed by atoms with Crippen LogP contribution in [0.1, 0.15) is 18.4 Å². The van der Waals surface area contributed by atoms with E-state index in [0.29, 0.717) is 13.1 Å². The van der Waals surface area contributed by atoms with Crippen LogP contribution in [0.4, 0.5) is 4.79 Å². The summed E-state index contributed by atoms with van der Waals surface area (Å²) in [6.07, 6.45) is 1.76. The minimum absolute atomic E-state index is 0.118. The number of amides is 2. The van der Waals surface area contributed by atoms with E-state index in [-0.39, 0.29) is 6.03 Å². The highest BCUT2D eigenvalue weighted by molar-refractivity contribution is 5.73. The normalized spacial score (nSPS) is 9.67. The van der Waals surface area contributed by atoms with Gasteiger partial charge in [0.2, 0.25) is 0 Å². The molecule has 81 valence electrons. The number of benzene rings is 1. The van der Waals surface area contributed by atoms with Crippen LogP contribution in [0.25, 0.3) is 0 Å². The Morgan fingerprint density at radius 3 is 2.60 bits per heavy atom. The van der Waals surface area contributed by atoms with Gasteiger partial charge in [-0.2, -0.15) is 0 Å². The molecule has 0 aliphatic heterocycles. The number of nitrogens with one attached hydrogen (secondary N) is 2. The maximum Gasteiger partial charge on any atom is 0.315 e. The average Bonchev–Trinajstić information content (AvgIpc) is 2.28. The quantitative estimate of drug-likeness (QED) is 0.710. The summed E-state index contributed by atoms with van der Waals surface area (Å²) in [6, 6.07) is 9.71. The minimum atomic E-state index is -0.118. The Kier molecular flexibility index (Phi) is 5.30. The first-order chi connectivity index (χ1) is 7.33. The van der Waals surface area contributed by atoms with E-state index in [1.807, 2.05) is 30.3 Å². The summed E-state index contributed by atoms with van der Waals surface area (Å²) in [4.78, 5) is 11.2. The molecule has 1 rings (SSSR count). The predicted octanol–water partition coefficient (Wildman–Crippen LogP) is 2.10. The van der Waals surface area contributed by atoms with Crippen LogP contribution in [0.3, 0.4) is 0 Å². The molecule has 1 aromatic carbocycles. The molecule has 0 unspecified atom stereocenters. The van der Waals surface area contributed by atoms with Crippen molar-refractivity contribution in [2.24, 2.45) is 0 Å². The zero-order valence-electron chi connectivity index (χ0n) is 8.83. The molecule has 1 aromatic rings. The molecule has 0 saturated carbocycles. The lowest BCUT2D eigenvalue weighted by molar-refractivity contribution is 0.240. The smallest absolute Gasteiger partial charge is 0.315 e. The van der Waals surface area contributed by atoms with Gasteiger partial charge in [-0.25, -0.2) is 4.79 Å². The van der Waals surface area contributed by atoms with E-state index in [0.717, 1.165) is 18.4 Å². The molecule has 0 aliphatic carbocycles. The Hall–Kier alpha value is -1.51. The van der Waals surface area contributed by atoms with Gasteiger partial charge in [0.25, 0.3) is 0 Å². The molecule has 0 bridgehead atoms. The molecular weight excluding hydrogens is 188 g/mol. The van der Waals surface area contributed by atoms with Crippen molar-refractivity contribution in [3.05, 3.63) is 42.8 Å². The number of urea groups is 1. The van der Waals surface area contributed by atoms with Crippen LogP contribution in [0.2, 0.25) is 0 Å². The number of carbonyl (C=O) groups excluding carboxylic acids is 1. The van der Waals surface area contributed by atoms with Crippen LogP contribution in [-0.2, 0) is 6.54 Å². The first kappa shape index (κ1) is 11.6. The zero-order valence-corrected chi connectivity index (χ0v) is 8.83. The lowest BCUT2D eigenvalue weighted by Gasteiger charge is -2.06. The largest absolute Gasteiger partial charge is 0.338 e. The van der Waals surface area contributed by atoms with E-state index < -0.39 is 0 Å². The monoisotopic (exact) mass is 205 g/mol. The van der Waals surface area contributed by atoms with Gasteiger partial charge < -0.3 is 10.6 Å². The fourth-order valence-corrected chi connectivity index (χ4v) is 1.17. The molecule has 0 saturated heterocycles. The standard InChI is InChI=1S/C12H17N2O/c1-2-3-9-13-12(15)14-10-11-7-5-4-6-8-11/h4-8H,1-3,9-10H2,(H2,13,14,15). The second-order valence-electron chi connectivity index (χ2n) is 3.30. The van der Waals surface area contributed by atoms with E-state index >= 15 is 0 Å². The predicted molar refractivity (Wildman–Crippen MR) is 61.3 cm³/mol. The average molecular weight is 205 g/mol. The van der Waals surface area contributed by atoms with Gasteiger partial charge in [-0.3, -0.25) is 0 Å². The lowest BCUT2D eigenvalue weighted by atomic mass is 10.2. The molecule has 3 heteroatoms. The van der Waals surface area contributed by atoms with Gasteiger partial charge in [-0.05, 0) is 12.0 Å². The van der Waals surface area contributed by atoms with Crippen molar-refractivity contribution in [1.29, 1.82) is 0 Å². The summed E-state index contributed by atoms with van der Waals surface area (Å²) < 4.78 is 0. The van der Waals surface area contributed by atoms with Crippen molar-refractivity contribution >= 4 is 6.03 Å². The fraction of sp³-hybridized carbons (Fsp3) is 0.333. The van der Waals surface area contributed by atoms with Gasteiger partial charge in [0, 0.05) is 13.1 Å². The zero-order chi connectivity index (χ0) is 10.9. The van der Waals surface area contributed by atoms with Crippen LogP contribution >= 0.6 is 0 Å². The van der Waals surface area contributed by atoms with E-state index in [9.17, 15) is 4.79 Å². The second-order valence-corrected chi connectivity index (χ2v) is 3.30. The molecule has 2 amide bonds. The Bertz CT molecular complexity index is 285. The molecule has 2 N–H and O–H groups in total. The van der Waals surface area contributed by atoms with Gasteiger partial charge in [0.05, 0.1) is 0 Å². The summed E-state index contributed by atoms with van der Waals surface area (Å²) in [5, 5.41) is 5.55. The molecule has 0 aliphatic rings. The summed E-state index contributed by atoms with van der Waals surface area (Å²) in [7, 11) is 0. The second kappa shape index (κ2) is 6.87. The summed E-state index contributed by atoms with van der Waals surface area (Å²) >= 11 is 0. The summed E-state index contributed by atoms with van der Waals surface area (Å²) in [5.41, 5.74) is 1.10. The molecule has 0 atom stereocenters. The van der Waals surface area contributed by atoms with Crippen LogP contribution in [0.15, 0.2) is 30.3 Å². The Morgan fingerprint density at radius 1 is 1.20 bits per heavy atom. The van der Waals surface area contributed by atoms with Crippen molar-refractivity contribution in [2.75, 3.05) is 6.54 Å². The molecule has 15 heavy (non-hydrogen) atoms. The van der Waals surface area contributed by atoms with Crippen molar-refractivity contribution in [3.63, 3.8) is 0 Å². The van der Waals surface area contributed by atoms with Gasteiger partial charge in [0.15, 0.2) is 0 Å². The number of carbonyl (C=O) groups is 1. The summed E-state index contributed by atoms with van der Waals surface area (Å²) in [5.74, 6) is 0. The molecule has 0 aromatic heterocycles. The fourth-order valence-electron chi connectivity index (χ4n) is 1.17. The molecule has 0 fully saturated rings. The summed E-state index contributed by atoms with van der Waals surface area (Å²) in [6.45, 7) is 4.96. The van der Waals surface area contributed by atoms with Gasteiger partial charge in [-0.1, -0.05) is 43.7 Å². The molecule has 0 heterocycles. The molecule has 1 radical (unpaired) electrons.